The number of imide groups is 1. The molecule has 0 saturated carbocycles. The highest BCUT2D eigenvalue weighted by atomic mass is 79.9. The van der Waals surface area contributed by atoms with E-state index >= 15 is 0 Å². The molecule has 1 aliphatic heterocycles. The average molecular weight is 528 g/mol. The van der Waals surface area contributed by atoms with Crippen molar-refractivity contribution in [1.82, 2.24) is 5.32 Å². The summed E-state index contributed by atoms with van der Waals surface area (Å²) in [5, 5.41) is 3.13. The van der Waals surface area contributed by atoms with Gasteiger partial charge in [-0.1, -0.05) is 41.4 Å². The van der Waals surface area contributed by atoms with Gasteiger partial charge in [0.05, 0.1) is 17.3 Å². The molecule has 1 fully saturated rings. The van der Waals surface area contributed by atoms with E-state index in [1.165, 1.54) is 5.56 Å². The lowest BCUT2D eigenvalue weighted by Crippen LogP contribution is -2.30. The summed E-state index contributed by atoms with van der Waals surface area (Å²) in [5.41, 5.74) is 3.45. The van der Waals surface area contributed by atoms with Gasteiger partial charge in [0.1, 0.15) is 12.3 Å². The maximum Gasteiger partial charge on any atom is 0.333 e. The molecular weight excluding hydrogens is 508 g/mol. The number of anilines is 1. The fraction of sp³-hybridized carbons (Fsp3) is 0.120. The first-order valence-electron chi connectivity index (χ1n) is 10.0. The quantitative estimate of drug-likeness (QED) is 0.311. The van der Waals surface area contributed by atoms with E-state index in [2.05, 4.69) is 21.2 Å². The number of benzene rings is 3. The van der Waals surface area contributed by atoms with Gasteiger partial charge in [-0.3, -0.25) is 4.79 Å². The first-order chi connectivity index (χ1) is 15.9. The van der Waals surface area contributed by atoms with Crippen molar-refractivity contribution in [3.8, 4) is 11.5 Å². The number of halogens is 2. The molecule has 4 rings (SSSR count). The van der Waals surface area contributed by atoms with Crippen LogP contribution < -0.4 is 19.7 Å². The largest absolute Gasteiger partial charge is 0.493 e. The number of urea groups is 1. The molecule has 6 nitrogen and oxygen atoms in total. The number of carbonyl (C=O) groups is 2. The predicted octanol–water partition coefficient (Wildman–Crippen LogP) is 6.10. The van der Waals surface area contributed by atoms with Crippen LogP contribution in [0.3, 0.4) is 0 Å². The zero-order valence-corrected chi connectivity index (χ0v) is 20.2. The maximum absolute atomic E-state index is 12.9. The van der Waals surface area contributed by atoms with Crippen molar-refractivity contribution >= 4 is 51.2 Å². The van der Waals surface area contributed by atoms with E-state index in [1.54, 1.807) is 49.6 Å². The second-order valence-electron chi connectivity index (χ2n) is 7.41. The average Bonchev–Trinajstić information content (AvgIpc) is 3.07. The van der Waals surface area contributed by atoms with Crippen LogP contribution in [0.1, 0.15) is 16.7 Å². The molecular formula is C25H20BrClN2O4. The number of methoxy groups -OCH3 is 1. The van der Waals surface area contributed by atoms with Crippen LogP contribution in [0.2, 0.25) is 5.02 Å². The third-order valence-corrected chi connectivity index (χ3v) is 5.87. The van der Waals surface area contributed by atoms with E-state index in [-0.39, 0.29) is 5.70 Å². The number of rotatable bonds is 6. The minimum absolute atomic E-state index is 0.150. The summed E-state index contributed by atoms with van der Waals surface area (Å²) in [6, 6.07) is 17.6. The molecule has 0 aromatic heterocycles. The van der Waals surface area contributed by atoms with Gasteiger partial charge in [0.15, 0.2) is 11.5 Å². The molecule has 0 spiro atoms. The summed E-state index contributed by atoms with van der Waals surface area (Å²) in [7, 11) is 1.54. The first kappa shape index (κ1) is 22.9. The Hall–Kier alpha value is -3.29. The van der Waals surface area contributed by atoms with E-state index in [0.29, 0.717) is 38.9 Å². The molecule has 0 aliphatic carbocycles. The highest BCUT2D eigenvalue weighted by Gasteiger charge is 2.34. The number of nitrogens with one attached hydrogen (secondary N) is 1. The third-order valence-electron chi connectivity index (χ3n) is 5.03. The van der Waals surface area contributed by atoms with Gasteiger partial charge in [-0.05, 0) is 76.5 Å². The van der Waals surface area contributed by atoms with Gasteiger partial charge in [-0.2, -0.15) is 0 Å². The number of nitrogens with zero attached hydrogens (tertiary/aromatic N) is 1. The molecule has 1 aliphatic rings. The topological polar surface area (TPSA) is 67.9 Å². The Bertz CT molecular complexity index is 1240. The zero-order valence-electron chi connectivity index (χ0n) is 17.9. The second kappa shape index (κ2) is 9.68. The monoisotopic (exact) mass is 526 g/mol. The Morgan fingerprint density at radius 3 is 2.42 bits per heavy atom. The molecule has 0 bridgehead atoms. The summed E-state index contributed by atoms with van der Waals surface area (Å²) in [5.74, 6) is 0.580. The Morgan fingerprint density at radius 1 is 1.06 bits per heavy atom. The van der Waals surface area contributed by atoms with Gasteiger partial charge in [-0.25, -0.2) is 9.69 Å². The lowest BCUT2D eigenvalue weighted by atomic mass is 10.1. The number of ether oxygens (including phenoxy) is 2. The summed E-state index contributed by atoms with van der Waals surface area (Å²) < 4.78 is 12.2. The SMILES string of the molecule is COc1cc(/C=C2/NC(=O)N(c3ccc(Cl)cc3)C2=O)cc(Br)c1OCc1ccc(C)cc1. The highest BCUT2D eigenvalue weighted by molar-refractivity contribution is 9.10. The lowest BCUT2D eigenvalue weighted by molar-refractivity contribution is -0.113. The van der Waals surface area contributed by atoms with Gasteiger partial charge < -0.3 is 14.8 Å². The molecule has 0 atom stereocenters. The van der Waals surface area contributed by atoms with Crippen molar-refractivity contribution in [3.63, 3.8) is 0 Å². The van der Waals surface area contributed by atoms with Crippen LogP contribution in [0.4, 0.5) is 10.5 Å². The van der Waals surface area contributed by atoms with Crippen LogP contribution in [-0.2, 0) is 11.4 Å². The Morgan fingerprint density at radius 2 is 1.76 bits per heavy atom. The van der Waals surface area contributed by atoms with Gasteiger partial charge in [0, 0.05) is 5.02 Å². The number of carbonyl (C=O) groups excluding carboxylic acids is 2. The highest BCUT2D eigenvalue weighted by Crippen LogP contribution is 2.38. The molecule has 168 valence electrons. The normalized spacial score (nSPS) is 14.5. The molecule has 3 amide bonds. The van der Waals surface area contributed by atoms with Gasteiger partial charge in [0.25, 0.3) is 5.91 Å². The van der Waals surface area contributed by atoms with Gasteiger partial charge >= 0.3 is 6.03 Å². The molecule has 3 aromatic rings. The molecule has 33 heavy (non-hydrogen) atoms. The van der Waals surface area contributed by atoms with Crippen LogP contribution in [0, 0.1) is 6.92 Å². The smallest absolute Gasteiger partial charge is 0.333 e. The number of aryl methyl sites for hydroxylation is 1. The van der Waals surface area contributed by atoms with Crippen LogP contribution in [0.5, 0.6) is 11.5 Å². The van der Waals surface area contributed by atoms with E-state index in [9.17, 15) is 9.59 Å². The molecule has 1 heterocycles. The Kier molecular flexibility index (Phi) is 6.72. The maximum atomic E-state index is 12.9. The summed E-state index contributed by atoms with van der Waals surface area (Å²) in [6.45, 7) is 2.41. The summed E-state index contributed by atoms with van der Waals surface area (Å²) in [4.78, 5) is 26.4. The minimum atomic E-state index is -0.530. The fourth-order valence-corrected chi connectivity index (χ4v) is 4.03. The van der Waals surface area contributed by atoms with Crippen LogP contribution >= 0.6 is 27.5 Å². The standard InChI is InChI=1S/C25H20BrClN2O4/c1-15-3-5-16(6-4-15)14-33-23-20(26)11-17(13-22(23)32-2)12-21-24(30)29(25(31)28-21)19-9-7-18(27)8-10-19/h3-13H,14H2,1-2H3,(H,28,31)/b21-12+. The lowest BCUT2D eigenvalue weighted by Gasteiger charge is -2.14. The predicted molar refractivity (Wildman–Crippen MR) is 132 cm³/mol. The number of hydrogen-bond acceptors (Lipinski definition) is 4. The summed E-state index contributed by atoms with van der Waals surface area (Å²) in [6.07, 6.45) is 1.59. The molecule has 8 heteroatoms. The summed E-state index contributed by atoms with van der Waals surface area (Å²) >= 11 is 9.43. The first-order valence-corrected chi connectivity index (χ1v) is 11.2. The Labute approximate surface area is 204 Å². The van der Waals surface area contributed by atoms with Crippen LogP contribution in [0.25, 0.3) is 6.08 Å². The van der Waals surface area contributed by atoms with E-state index in [1.807, 2.05) is 31.2 Å². The minimum Gasteiger partial charge on any atom is -0.493 e. The van der Waals surface area contributed by atoms with Crippen LogP contribution in [-0.4, -0.2) is 19.0 Å². The Balaban J connectivity index is 1.57. The zero-order chi connectivity index (χ0) is 23.5. The molecule has 0 radical (unpaired) electrons. The van der Waals surface area contributed by atoms with Crippen LogP contribution in [0.15, 0.2) is 70.8 Å². The van der Waals surface area contributed by atoms with E-state index in [0.717, 1.165) is 10.5 Å². The second-order valence-corrected chi connectivity index (χ2v) is 8.70. The van der Waals surface area contributed by atoms with E-state index < -0.39 is 11.9 Å². The number of hydrogen-bond donors (Lipinski definition) is 1. The molecule has 0 unspecified atom stereocenters. The van der Waals surface area contributed by atoms with Crippen molar-refractivity contribution in [3.05, 3.63) is 92.5 Å². The fourth-order valence-electron chi connectivity index (χ4n) is 3.33. The van der Waals surface area contributed by atoms with Crippen molar-refractivity contribution in [2.75, 3.05) is 12.0 Å². The van der Waals surface area contributed by atoms with Crippen molar-refractivity contribution in [2.24, 2.45) is 0 Å². The van der Waals surface area contributed by atoms with Crippen molar-refractivity contribution < 1.29 is 19.1 Å². The van der Waals surface area contributed by atoms with Crippen molar-refractivity contribution in [1.29, 1.82) is 0 Å². The third kappa shape index (κ3) is 5.05. The van der Waals surface area contributed by atoms with Crippen molar-refractivity contribution in [2.45, 2.75) is 13.5 Å². The molecule has 1 N–H and O–H groups in total. The van der Waals surface area contributed by atoms with Gasteiger partial charge in [-0.15, -0.1) is 0 Å². The van der Waals surface area contributed by atoms with E-state index in [4.69, 9.17) is 21.1 Å². The molecule has 1 saturated heterocycles. The number of amides is 3. The van der Waals surface area contributed by atoms with Gasteiger partial charge in [0.2, 0.25) is 0 Å². The molecule has 3 aromatic carbocycles.